The fourth-order valence-corrected chi connectivity index (χ4v) is 2.37. The largest absolute Gasteiger partial charge is 0.481 e. The van der Waals surface area contributed by atoms with Crippen LogP contribution in [0.15, 0.2) is 41.0 Å². The Balaban J connectivity index is 1.97. The third-order valence-electron chi connectivity index (χ3n) is 2.91. The minimum absolute atomic E-state index is 0.0698. The predicted octanol–water partition coefficient (Wildman–Crippen LogP) is 3.05. The molecule has 1 heterocycles. The van der Waals surface area contributed by atoms with E-state index in [2.05, 4.69) is 26.2 Å². The first-order valence-corrected chi connectivity index (χ1v) is 7.02. The van der Waals surface area contributed by atoms with Gasteiger partial charge in [-0.15, -0.1) is 0 Å². The van der Waals surface area contributed by atoms with Crippen LogP contribution in [0, 0.1) is 10.1 Å². The minimum atomic E-state index is -0.402. The first kappa shape index (κ1) is 15.4. The van der Waals surface area contributed by atoms with Gasteiger partial charge in [0, 0.05) is 31.4 Å². The number of nitro benzene ring substituents is 1. The van der Waals surface area contributed by atoms with Crippen molar-refractivity contribution in [1.82, 2.24) is 10.3 Å². The van der Waals surface area contributed by atoms with Gasteiger partial charge in [-0.05, 0) is 27.1 Å². The topological polar surface area (TPSA) is 77.3 Å². The maximum Gasteiger partial charge on any atom is 0.283 e. The van der Waals surface area contributed by atoms with E-state index in [-0.39, 0.29) is 5.69 Å². The van der Waals surface area contributed by atoms with Crippen molar-refractivity contribution >= 4 is 21.6 Å². The Bertz CT molecular complexity index is 632. The molecule has 110 valence electrons. The van der Waals surface area contributed by atoms with E-state index in [9.17, 15) is 10.1 Å². The smallest absolute Gasteiger partial charge is 0.283 e. The average molecular weight is 352 g/mol. The summed E-state index contributed by atoms with van der Waals surface area (Å²) in [6.07, 6.45) is 1.73. The maximum absolute atomic E-state index is 10.9. The van der Waals surface area contributed by atoms with Crippen molar-refractivity contribution in [2.75, 3.05) is 7.11 Å². The average Bonchev–Trinajstić information content (AvgIpc) is 2.49. The van der Waals surface area contributed by atoms with E-state index in [1.165, 1.54) is 6.07 Å². The highest BCUT2D eigenvalue weighted by molar-refractivity contribution is 9.10. The molecule has 6 nitrogen and oxygen atoms in total. The zero-order valence-electron chi connectivity index (χ0n) is 11.4. The highest BCUT2D eigenvalue weighted by Crippen LogP contribution is 2.28. The van der Waals surface area contributed by atoms with Crippen LogP contribution < -0.4 is 10.1 Å². The number of nitrogens with one attached hydrogen (secondary N) is 1. The van der Waals surface area contributed by atoms with Gasteiger partial charge < -0.3 is 10.1 Å². The van der Waals surface area contributed by atoms with Crippen molar-refractivity contribution in [1.29, 1.82) is 0 Å². The lowest BCUT2D eigenvalue weighted by Gasteiger charge is -2.07. The van der Waals surface area contributed by atoms with Crippen LogP contribution in [-0.4, -0.2) is 17.0 Å². The summed E-state index contributed by atoms with van der Waals surface area (Å²) in [5.74, 6) is 0.570. The number of ether oxygens (including phenoxy) is 1. The number of rotatable bonds is 6. The Morgan fingerprint density at radius 1 is 1.33 bits per heavy atom. The number of hydrogen-bond donors (Lipinski definition) is 1. The lowest BCUT2D eigenvalue weighted by Crippen LogP contribution is -2.13. The zero-order chi connectivity index (χ0) is 15.2. The van der Waals surface area contributed by atoms with Gasteiger partial charge in [-0.1, -0.05) is 18.2 Å². The summed E-state index contributed by atoms with van der Waals surface area (Å²) in [5, 5.41) is 14.1. The van der Waals surface area contributed by atoms with Gasteiger partial charge in [-0.3, -0.25) is 10.1 Å². The molecule has 0 atom stereocenters. The van der Waals surface area contributed by atoms with Gasteiger partial charge in [0.25, 0.3) is 5.69 Å². The number of hydrogen-bond acceptors (Lipinski definition) is 5. The molecule has 0 saturated heterocycles. The molecule has 0 aliphatic rings. The Hall–Kier alpha value is -1.99. The van der Waals surface area contributed by atoms with Crippen LogP contribution in [0.4, 0.5) is 5.69 Å². The van der Waals surface area contributed by atoms with Crippen molar-refractivity contribution in [2.45, 2.75) is 13.1 Å². The second-order valence-corrected chi connectivity index (χ2v) is 5.11. The molecule has 2 aromatic rings. The highest BCUT2D eigenvalue weighted by atomic mass is 79.9. The standard InChI is InChI=1S/C14H14BrN3O3/c1-21-13-6-5-10(8-17-13)7-16-9-11-3-2-4-12(14(11)15)18(19)20/h2-6,8,16H,7,9H2,1H3. The Labute approximate surface area is 130 Å². The highest BCUT2D eigenvalue weighted by Gasteiger charge is 2.14. The number of nitrogens with zero attached hydrogens (tertiary/aromatic N) is 2. The molecular formula is C14H14BrN3O3. The molecule has 0 unspecified atom stereocenters. The van der Waals surface area contributed by atoms with Gasteiger partial charge in [0.05, 0.1) is 16.5 Å². The van der Waals surface area contributed by atoms with Crippen LogP contribution in [-0.2, 0) is 13.1 Å². The van der Waals surface area contributed by atoms with Gasteiger partial charge in [0.15, 0.2) is 0 Å². The quantitative estimate of drug-likeness (QED) is 0.639. The lowest BCUT2D eigenvalue weighted by atomic mass is 10.2. The second kappa shape index (κ2) is 7.14. The minimum Gasteiger partial charge on any atom is -0.481 e. The van der Waals surface area contributed by atoms with Crippen LogP contribution in [0.25, 0.3) is 0 Å². The van der Waals surface area contributed by atoms with E-state index in [1.54, 1.807) is 25.4 Å². The lowest BCUT2D eigenvalue weighted by molar-refractivity contribution is -0.385. The summed E-state index contributed by atoms with van der Waals surface area (Å²) in [4.78, 5) is 14.6. The number of halogens is 1. The van der Waals surface area contributed by atoms with Crippen LogP contribution in [0.1, 0.15) is 11.1 Å². The van der Waals surface area contributed by atoms with E-state index < -0.39 is 4.92 Å². The van der Waals surface area contributed by atoms with Crippen molar-refractivity contribution in [3.63, 3.8) is 0 Å². The summed E-state index contributed by atoms with van der Waals surface area (Å²) >= 11 is 3.28. The number of methoxy groups -OCH3 is 1. The molecule has 2 rings (SSSR count). The van der Waals surface area contributed by atoms with Crippen LogP contribution >= 0.6 is 15.9 Å². The summed E-state index contributed by atoms with van der Waals surface area (Å²) < 4.78 is 5.50. The first-order valence-electron chi connectivity index (χ1n) is 6.23. The van der Waals surface area contributed by atoms with Gasteiger partial charge in [-0.25, -0.2) is 4.98 Å². The molecule has 0 aliphatic carbocycles. The second-order valence-electron chi connectivity index (χ2n) is 4.32. The monoisotopic (exact) mass is 351 g/mol. The van der Waals surface area contributed by atoms with E-state index in [0.29, 0.717) is 23.4 Å². The molecular weight excluding hydrogens is 338 g/mol. The Morgan fingerprint density at radius 2 is 2.14 bits per heavy atom. The zero-order valence-corrected chi connectivity index (χ0v) is 13.0. The van der Waals surface area contributed by atoms with Crippen LogP contribution in [0.5, 0.6) is 5.88 Å². The third kappa shape index (κ3) is 3.99. The molecule has 0 fully saturated rings. The molecule has 0 aliphatic heterocycles. The predicted molar refractivity (Wildman–Crippen MR) is 82.1 cm³/mol. The molecule has 1 N–H and O–H groups in total. The fraction of sp³-hybridized carbons (Fsp3) is 0.214. The number of aromatic nitrogens is 1. The fourth-order valence-electron chi connectivity index (χ4n) is 1.82. The maximum atomic E-state index is 10.9. The molecule has 0 amide bonds. The van der Waals surface area contributed by atoms with E-state index in [0.717, 1.165) is 11.1 Å². The number of pyridine rings is 1. The number of benzene rings is 1. The number of nitro groups is 1. The van der Waals surface area contributed by atoms with E-state index >= 15 is 0 Å². The molecule has 0 saturated carbocycles. The van der Waals surface area contributed by atoms with Crippen molar-refractivity contribution in [3.8, 4) is 5.88 Å². The van der Waals surface area contributed by atoms with Gasteiger partial charge in [0.1, 0.15) is 0 Å². The van der Waals surface area contributed by atoms with Crippen molar-refractivity contribution in [3.05, 3.63) is 62.2 Å². The Kier molecular flexibility index (Phi) is 5.24. The van der Waals surface area contributed by atoms with Gasteiger partial charge in [0.2, 0.25) is 5.88 Å². The summed E-state index contributed by atoms with van der Waals surface area (Å²) in [5.41, 5.74) is 1.92. The summed E-state index contributed by atoms with van der Waals surface area (Å²) in [6.45, 7) is 1.14. The summed E-state index contributed by atoms with van der Waals surface area (Å²) in [6, 6.07) is 8.70. The van der Waals surface area contributed by atoms with E-state index in [1.807, 2.05) is 12.1 Å². The molecule has 0 spiro atoms. The van der Waals surface area contributed by atoms with Crippen LogP contribution in [0.3, 0.4) is 0 Å². The van der Waals surface area contributed by atoms with Gasteiger partial charge >= 0.3 is 0 Å². The third-order valence-corrected chi connectivity index (χ3v) is 3.82. The SMILES string of the molecule is COc1ccc(CNCc2cccc([N+](=O)[O-])c2Br)cn1. The van der Waals surface area contributed by atoms with Crippen molar-refractivity contribution < 1.29 is 9.66 Å². The molecule has 0 bridgehead atoms. The van der Waals surface area contributed by atoms with Crippen molar-refractivity contribution in [2.24, 2.45) is 0 Å². The van der Waals surface area contributed by atoms with Crippen LogP contribution in [0.2, 0.25) is 0 Å². The molecule has 0 radical (unpaired) electrons. The normalized spacial score (nSPS) is 10.4. The van der Waals surface area contributed by atoms with E-state index in [4.69, 9.17) is 4.74 Å². The molecule has 7 heteroatoms. The molecule has 1 aromatic heterocycles. The Morgan fingerprint density at radius 3 is 2.76 bits per heavy atom. The molecule has 1 aromatic carbocycles. The van der Waals surface area contributed by atoms with Gasteiger partial charge in [-0.2, -0.15) is 0 Å². The summed E-state index contributed by atoms with van der Waals surface area (Å²) in [7, 11) is 1.57. The first-order chi connectivity index (χ1) is 10.1. The molecule has 21 heavy (non-hydrogen) atoms.